The van der Waals surface area contributed by atoms with Crippen molar-refractivity contribution >= 4 is 86.0 Å². The van der Waals surface area contributed by atoms with E-state index < -0.39 is 93.0 Å². The predicted molar refractivity (Wildman–Crippen MR) is 154 cm³/mol. The van der Waals surface area contributed by atoms with Gasteiger partial charge in [0.15, 0.2) is 36.5 Å². The minimum atomic E-state index is -4.24. The lowest BCUT2D eigenvalue weighted by atomic mass is 10.1. The molecule has 0 spiro atoms. The number of amides is 2. The summed E-state index contributed by atoms with van der Waals surface area (Å²) in [6, 6.07) is -2.11. The van der Waals surface area contributed by atoms with Crippen LogP contribution in [0.5, 0.6) is 0 Å². The van der Waals surface area contributed by atoms with Crippen molar-refractivity contribution in [3.8, 4) is 0 Å². The Morgan fingerprint density at radius 2 is 1.82 bits per heavy atom. The zero-order valence-corrected chi connectivity index (χ0v) is 25.4. The van der Waals surface area contributed by atoms with Crippen LogP contribution in [0.3, 0.4) is 0 Å². The highest BCUT2D eigenvalue weighted by molar-refractivity contribution is 8.44. The van der Waals surface area contributed by atoms with Crippen LogP contribution in [0.1, 0.15) is 6.42 Å². The van der Waals surface area contributed by atoms with Crippen LogP contribution in [0.25, 0.3) is 0 Å². The summed E-state index contributed by atoms with van der Waals surface area (Å²) in [5, 5.41) is 10.0. The molecule has 7 rings (SSSR count). The predicted octanol–water partition coefficient (Wildman–Crippen LogP) is -0.909. The Morgan fingerprint density at radius 3 is 2.61 bits per heavy atom. The fourth-order valence-corrected chi connectivity index (χ4v) is 8.38. The molecule has 0 aliphatic carbocycles. The Bertz CT molecular complexity index is 1560. The molecule has 0 radical (unpaired) electrons. The molecule has 24 heteroatoms. The highest BCUT2D eigenvalue weighted by atomic mass is 32.7. The number of nitrogens with one attached hydrogen (secondary N) is 2. The van der Waals surface area contributed by atoms with Crippen molar-refractivity contribution in [2.45, 2.75) is 61.5 Å². The van der Waals surface area contributed by atoms with Gasteiger partial charge < -0.3 is 18.9 Å². The molecule has 3 N–H and O–H groups in total. The van der Waals surface area contributed by atoms with Gasteiger partial charge >= 0.3 is 13.5 Å². The molecular formula is C20H22FN9O10P2S2. The highest BCUT2D eigenvalue weighted by Gasteiger charge is 2.55. The lowest BCUT2D eigenvalue weighted by molar-refractivity contribution is -0.120. The summed E-state index contributed by atoms with van der Waals surface area (Å²) in [6.07, 6.45) is -5.85. The second-order valence-electron chi connectivity index (χ2n) is 10.2. The van der Waals surface area contributed by atoms with Crippen molar-refractivity contribution in [2.24, 2.45) is 25.0 Å². The summed E-state index contributed by atoms with van der Waals surface area (Å²) in [6.45, 7) is -9.35. The lowest BCUT2D eigenvalue weighted by Gasteiger charge is -2.31. The van der Waals surface area contributed by atoms with E-state index in [1.54, 1.807) is 0 Å². The smallest absolute Gasteiger partial charge is 0.349 e. The molecule has 2 amide bonds. The number of rotatable bonds is 2. The standard InChI is InChI=1S/C20H22FN9O10P2S2/c21-10-13-9(38-19(10)29-5-25-11-14(29)23-4-24-16(11)31)3-36-41(33,43)39-8-1-7(2-35-42(34,44)40-13)37-18(8)30-6-26-12-15(30)27-20(22)28-17(12)32/h4-13,18-19H,1-3H2,(H,33,43)(H,34,44)(H2,22,28,32)/t7-,8+,9+,10-,11?,12?,13+,18+,19+,41?,42?/m0/s1. The molecule has 3 saturated heterocycles. The van der Waals surface area contributed by atoms with E-state index in [-0.39, 0.29) is 24.7 Å². The summed E-state index contributed by atoms with van der Waals surface area (Å²) in [5.41, 5.74) is 0. The quantitative estimate of drug-likeness (QED) is 0.203. The number of carbonyl (C=O) groups is 2. The van der Waals surface area contributed by atoms with Crippen LogP contribution in [0, 0.1) is 5.41 Å². The third-order valence-electron chi connectivity index (χ3n) is 7.33. The molecule has 2 bridgehead atoms. The normalized spacial score (nSPS) is 45.2. The molecule has 44 heavy (non-hydrogen) atoms. The zero-order chi connectivity index (χ0) is 31.0. The number of hydrogen-bond donors (Lipinski definition) is 4. The molecule has 7 aliphatic heterocycles. The minimum Gasteiger partial charge on any atom is -0.349 e. The maximum absolute atomic E-state index is 15.9. The summed E-state index contributed by atoms with van der Waals surface area (Å²) in [7, 11) is 0. The van der Waals surface area contributed by atoms with Crippen molar-refractivity contribution in [2.75, 3.05) is 13.2 Å². The maximum atomic E-state index is 15.9. The molecule has 0 aromatic carbocycles. The second kappa shape index (κ2) is 11.2. The third kappa shape index (κ3) is 5.51. The average Bonchev–Trinajstić information content (AvgIpc) is 3.72. The van der Waals surface area contributed by atoms with Crippen molar-refractivity contribution < 1.29 is 51.0 Å². The molecule has 19 nitrogen and oxygen atoms in total. The second-order valence-corrected chi connectivity index (χ2v) is 15.8. The van der Waals surface area contributed by atoms with Crippen LogP contribution in [0.15, 0.2) is 25.0 Å². The number of carbonyl (C=O) groups excluding carboxylic acids is 2. The van der Waals surface area contributed by atoms with Gasteiger partial charge in [-0.3, -0.25) is 53.7 Å². The van der Waals surface area contributed by atoms with E-state index in [9.17, 15) is 19.0 Å². The molecule has 4 unspecified atom stereocenters. The number of thiol groups is 1. The van der Waals surface area contributed by atoms with Gasteiger partial charge in [-0.25, -0.2) is 13.9 Å². The highest BCUT2D eigenvalue weighted by Crippen LogP contribution is 2.57. The number of aliphatic imine (C=N–C) groups is 5. The van der Waals surface area contributed by atoms with Gasteiger partial charge in [0.1, 0.15) is 30.5 Å². The van der Waals surface area contributed by atoms with Crippen molar-refractivity contribution in [3.05, 3.63) is 0 Å². The SMILES string of the molecule is N=C1N=C2C(N=CN2[C@@H]2O[C@@H]3COP(O)(=S)O[C@H]4[C@H](F)[C@H](N5C=NC6C(=O)N=CN=C65)O[C@@H]4COP(=O)(S)O[C@@H]2C3)C(=O)N1. The van der Waals surface area contributed by atoms with E-state index in [0.29, 0.717) is 0 Å². The fourth-order valence-electron chi connectivity index (χ4n) is 5.43. The van der Waals surface area contributed by atoms with Crippen LogP contribution in [0.2, 0.25) is 0 Å². The first-order valence-corrected chi connectivity index (χ1v) is 18.2. The van der Waals surface area contributed by atoms with Gasteiger partial charge in [0.2, 0.25) is 5.96 Å². The molecule has 236 valence electrons. The maximum Gasteiger partial charge on any atom is 0.386 e. The van der Waals surface area contributed by atoms with Crippen LogP contribution in [0.4, 0.5) is 4.39 Å². The molecule has 7 aliphatic rings. The first kappa shape index (κ1) is 30.3. The summed E-state index contributed by atoms with van der Waals surface area (Å²) < 4.78 is 63.6. The fraction of sp³-hybridized carbons (Fsp3) is 0.600. The first-order chi connectivity index (χ1) is 20.9. The Labute approximate surface area is 257 Å². The number of fused-ring (bicyclic) bond motifs is 5. The average molecular weight is 694 g/mol. The van der Waals surface area contributed by atoms with Crippen LogP contribution in [-0.2, 0) is 53.5 Å². The number of hydrogen-bond acceptors (Lipinski definition) is 16. The number of ether oxygens (including phenoxy) is 2. The van der Waals surface area contributed by atoms with E-state index in [1.165, 1.54) is 22.5 Å². The van der Waals surface area contributed by atoms with Crippen LogP contribution >= 0.6 is 25.8 Å². The van der Waals surface area contributed by atoms with Crippen LogP contribution < -0.4 is 5.32 Å². The third-order valence-corrected chi connectivity index (χ3v) is 10.5. The summed E-state index contributed by atoms with van der Waals surface area (Å²) >= 11 is 9.27. The molecule has 11 atom stereocenters. The van der Waals surface area contributed by atoms with Gasteiger partial charge in [-0.1, -0.05) is 12.2 Å². The van der Waals surface area contributed by atoms with E-state index in [0.717, 1.165) is 6.34 Å². The Balaban J connectivity index is 1.13. The van der Waals surface area contributed by atoms with Gasteiger partial charge in [0.25, 0.3) is 11.8 Å². The summed E-state index contributed by atoms with van der Waals surface area (Å²) in [4.78, 5) is 57.6. The van der Waals surface area contributed by atoms with Gasteiger partial charge in [-0.15, -0.1) is 0 Å². The molecule has 7 heterocycles. The molecule has 0 saturated carbocycles. The monoisotopic (exact) mass is 693 g/mol. The van der Waals surface area contributed by atoms with E-state index >= 15 is 4.39 Å². The zero-order valence-electron chi connectivity index (χ0n) is 21.9. The molecular weight excluding hydrogens is 671 g/mol. The number of guanidine groups is 1. The topological polar surface area (TPSA) is 231 Å². The Hall–Kier alpha value is -2.36. The van der Waals surface area contributed by atoms with Crippen molar-refractivity contribution in [3.63, 3.8) is 0 Å². The largest absolute Gasteiger partial charge is 0.386 e. The number of amidine groups is 2. The number of alkyl halides is 1. The lowest BCUT2D eigenvalue weighted by Crippen LogP contribution is -2.52. The van der Waals surface area contributed by atoms with Crippen LogP contribution in [-0.4, -0.2) is 131 Å². The minimum absolute atomic E-state index is 0.0244. The molecule has 3 fully saturated rings. The molecule has 0 aromatic heterocycles. The van der Waals surface area contributed by atoms with Gasteiger partial charge in [-0.2, -0.15) is 9.98 Å². The van der Waals surface area contributed by atoms with Crippen molar-refractivity contribution in [1.29, 1.82) is 5.41 Å². The van der Waals surface area contributed by atoms with Crippen molar-refractivity contribution in [1.82, 2.24) is 15.1 Å². The van der Waals surface area contributed by atoms with Gasteiger partial charge in [0.05, 0.1) is 32.0 Å². The summed E-state index contributed by atoms with van der Waals surface area (Å²) in [5.74, 6) is -1.43. The Kier molecular flexibility index (Phi) is 7.69. The van der Waals surface area contributed by atoms with E-state index in [4.69, 9.17) is 44.8 Å². The first-order valence-electron chi connectivity index (χ1n) is 12.9. The number of nitrogens with zero attached hydrogens (tertiary/aromatic N) is 7. The van der Waals surface area contributed by atoms with E-state index in [2.05, 4.69) is 42.5 Å². The molecule has 0 aromatic rings. The Morgan fingerprint density at radius 1 is 1.07 bits per heavy atom. The van der Waals surface area contributed by atoms with E-state index in [1.807, 2.05) is 0 Å². The number of halogens is 1. The van der Waals surface area contributed by atoms with Gasteiger partial charge in [0, 0.05) is 6.42 Å². The van der Waals surface area contributed by atoms with Gasteiger partial charge in [-0.05, 0) is 11.8 Å².